The highest BCUT2D eigenvalue weighted by atomic mass is 35.5. The van der Waals surface area contributed by atoms with Crippen molar-refractivity contribution in [3.63, 3.8) is 0 Å². The molecule has 1 fully saturated rings. The zero-order chi connectivity index (χ0) is 22.4. The van der Waals surface area contributed by atoms with E-state index in [2.05, 4.69) is 26.1 Å². The summed E-state index contributed by atoms with van der Waals surface area (Å²) in [5.74, 6) is -0.385. The summed E-state index contributed by atoms with van der Waals surface area (Å²) >= 11 is 6.25. The highest BCUT2D eigenvalue weighted by Gasteiger charge is 2.49. The van der Waals surface area contributed by atoms with E-state index in [1.807, 2.05) is 19.1 Å². The van der Waals surface area contributed by atoms with Gasteiger partial charge in [0.05, 0.1) is 12.2 Å². The zero-order valence-electron chi connectivity index (χ0n) is 18.7. The topological polar surface area (TPSA) is 67.2 Å². The van der Waals surface area contributed by atoms with Gasteiger partial charge < -0.3 is 5.32 Å². The molecular formula is C24H31ClN4O2. The first-order chi connectivity index (χ1) is 14.6. The number of carbonyl (C=O) groups excluding carboxylic acids is 2. The second kappa shape index (κ2) is 7.97. The molecule has 0 unspecified atom stereocenters. The number of rotatable bonds is 3. The molecule has 1 atom stereocenters. The van der Waals surface area contributed by atoms with Crippen LogP contribution in [0.2, 0.25) is 5.02 Å². The van der Waals surface area contributed by atoms with E-state index >= 15 is 0 Å². The van der Waals surface area contributed by atoms with Crippen LogP contribution in [-0.4, -0.2) is 33.2 Å². The number of nitrogens with one attached hydrogen (secondary N) is 1. The number of hydrogen-bond donors (Lipinski definition) is 1. The zero-order valence-corrected chi connectivity index (χ0v) is 19.5. The lowest BCUT2D eigenvalue weighted by Crippen LogP contribution is -2.65. The summed E-state index contributed by atoms with van der Waals surface area (Å²) in [6, 6.07) is 9.13. The summed E-state index contributed by atoms with van der Waals surface area (Å²) in [4.78, 5) is 29.0. The van der Waals surface area contributed by atoms with Gasteiger partial charge in [0.1, 0.15) is 11.2 Å². The molecule has 31 heavy (non-hydrogen) atoms. The maximum Gasteiger partial charge on any atom is 0.277 e. The van der Waals surface area contributed by atoms with Crippen LogP contribution >= 0.6 is 11.6 Å². The maximum absolute atomic E-state index is 13.7. The second-order valence-electron chi connectivity index (χ2n) is 10.0. The van der Waals surface area contributed by atoms with Crippen LogP contribution in [0.4, 0.5) is 5.69 Å². The third-order valence-electron chi connectivity index (χ3n) is 6.42. The lowest BCUT2D eigenvalue weighted by atomic mass is 9.90. The molecule has 0 spiro atoms. The molecule has 7 heteroatoms. The molecule has 2 aliphatic rings. The molecule has 2 aromatic rings. The molecule has 4 rings (SSSR count). The number of carbonyl (C=O) groups is 2. The van der Waals surface area contributed by atoms with Gasteiger partial charge in [0.25, 0.3) is 5.91 Å². The average Bonchev–Trinajstić information content (AvgIpc) is 3.13. The van der Waals surface area contributed by atoms with Gasteiger partial charge in [-0.2, -0.15) is 5.10 Å². The van der Waals surface area contributed by atoms with Gasteiger partial charge in [-0.1, -0.05) is 57.7 Å². The fourth-order valence-electron chi connectivity index (χ4n) is 4.56. The second-order valence-corrected chi connectivity index (χ2v) is 10.5. The number of nitrogens with zero attached hydrogens (tertiary/aromatic N) is 3. The lowest BCUT2D eigenvalue weighted by molar-refractivity contribution is -0.127. The van der Waals surface area contributed by atoms with E-state index in [-0.39, 0.29) is 29.8 Å². The molecule has 0 radical (unpaired) electrons. The largest absolute Gasteiger partial charge is 0.351 e. The Morgan fingerprint density at radius 2 is 1.90 bits per heavy atom. The molecule has 1 aromatic carbocycles. The van der Waals surface area contributed by atoms with Crippen LogP contribution in [0.15, 0.2) is 30.3 Å². The van der Waals surface area contributed by atoms with Crippen LogP contribution < -0.4 is 10.2 Å². The summed E-state index contributed by atoms with van der Waals surface area (Å²) < 4.78 is 1.70. The number of benzene rings is 1. The molecular weight excluding hydrogens is 412 g/mol. The van der Waals surface area contributed by atoms with Crippen molar-refractivity contribution in [3.05, 3.63) is 46.7 Å². The van der Waals surface area contributed by atoms with Gasteiger partial charge in [0.2, 0.25) is 5.91 Å². The van der Waals surface area contributed by atoms with E-state index in [4.69, 9.17) is 16.7 Å². The summed E-state index contributed by atoms with van der Waals surface area (Å²) in [5, 5.41) is 8.45. The molecule has 1 aromatic heterocycles. The third kappa shape index (κ3) is 4.10. The Morgan fingerprint density at radius 1 is 1.19 bits per heavy atom. The van der Waals surface area contributed by atoms with Crippen molar-refractivity contribution in [2.45, 2.75) is 83.3 Å². The van der Waals surface area contributed by atoms with E-state index in [9.17, 15) is 9.59 Å². The summed E-state index contributed by atoms with van der Waals surface area (Å²) in [6.45, 7) is 8.31. The van der Waals surface area contributed by atoms with Gasteiger partial charge in [0, 0.05) is 22.2 Å². The highest BCUT2D eigenvalue weighted by molar-refractivity contribution is 6.31. The molecule has 1 N–H and O–H groups in total. The number of fused-ring (bicyclic) bond motifs is 1. The third-order valence-corrected chi connectivity index (χ3v) is 6.65. The summed E-state index contributed by atoms with van der Waals surface area (Å²) in [6.07, 6.45) is 5.42. The first-order valence-electron chi connectivity index (χ1n) is 11.1. The quantitative estimate of drug-likeness (QED) is 0.748. The van der Waals surface area contributed by atoms with E-state index in [0.29, 0.717) is 16.4 Å². The molecule has 1 aliphatic carbocycles. The van der Waals surface area contributed by atoms with Crippen LogP contribution in [0.3, 0.4) is 0 Å². The lowest BCUT2D eigenvalue weighted by Gasteiger charge is -2.44. The molecule has 6 nitrogen and oxygen atoms in total. The van der Waals surface area contributed by atoms with Crippen molar-refractivity contribution < 1.29 is 9.59 Å². The Kier molecular flexibility index (Phi) is 5.63. The van der Waals surface area contributed by atoms with Crippen LogP contribution in [-0.2, 0) is 16.8 Å². The number of hydrogen-bond acceptors (Lipinski definition) is 3. The van der Waals surface area contributed by atoms with Gasteiger partial charge in [-0.25, -0.2) is 0 Å². The summed E-state index contributed by atoms with van der Waals surface area (Å²) in [5.41, 5.74) is 0.620. The fourth-order valence-corrected chi connectivity index (χ4v) is 4.74. The molecule has 2 amide bonds. The Labute approximate surface area is 188 Å². The normalized spacial score (nSPS) is 22.4. The number of amides is 2. The SMILES string of the molecule is CC(C)(C)c1cc2n(n1)C[C@@](C)(C(=O)NC1CCCCC1)N(c1cccc(Cl)c1)C2=O. The molecule has 1 aliphatic heterocycles. The predicted molar refractivity (Wildman–Crippen MR) is 123 cm³/mol. The van der Waals surface area contributed by atoms with E-state index in [1.54, 1.807) is 27.8 Å². The number of aromatic nitrogens is 2. The van der Waals surface area contributed by atoms with Crippen LogP contribution in [0.25, 0.3) is 0 Å². The van der Waals surface area contributed by atoms with E-state index in [1.165, 1.54) is 6.42 Å². The smallest absolute Gasteiger partial charge is 0.277 e. The van der Waals surface area contributed by atoms with Gasteiger partial charge in [-0.3, -0.25) is 19.2 Å². The molecule has 166 valence electrons. The molecule has 1 saturated carbocycles. The summed E-state index contributed by atoms with van der Waals surface area (Å²) in [7, 11) is 0. The Morgan fingerprint density at radius 3 is 2.55 bits per heavy atom. The van der Waals surface area contributed by atoms with Gasteiger partial charge >= 0.3 is 0 Å². The van der Waals surface area contributed by atoms with Crippen molar-refractivity contribution in [2.24, 2.45) is 0 Å². The first-order valence-corrected chi connectivity index (χ1v) is 11.5. The number of halogens is 1. The Balaban J connectivity index is 1.77. The van der Waals surface area contributed by atoms with Gasteiger partial charge in [-0.05, 0) is 44.0 Å². The van der Waals surface area contributed by atoms with Crippen LogP contribution in [0.1, 0.15) is 76.0 Å². The van der Waals surface area contributed by atoms with Crippen molar-refractivity contribution in [1.82, 2.24) is 15.1 Å². The Bertz CT molecular complexity index is 1000. The van der Waals surface area contributed by atoms with Crippen LogP contribution in [0.5, 0.6) is 0 Å². The molecule has 2 heterocycles. The molecule has 0 bridgehead atoms. The van der Waals surface area contributed by atoms with Crippen molar-refractivity contribution in [1.29, 1.82) is 0 Å². The van der Waals surface area contributed by atoms with Gasteiger partial charge in [0.15, 0.2) is 0 Å². The highest BCUT2D eigenvalue weighted by Crippen LogP contribution is 2.35. The minimum atomic E-state index is -1.12. The predicted octanol–water partition coefficient (Wildman–Crippen LogP) is 4.70. The monoisotopic (exact) mass is 442 g/mol. The van der Waals surface area contributed by atoms with Crippen molar-refractivity contribution in [2.75, 3.05) is 4.90 Å². The molecule has 0 saturated heterocycles. The fraction of sp³-hybridized carbons (Fsp3) is 0.542. The first kappa shape index (κ1) is 21.9. The minimum absolute atomic E-state index is 0.147. The average molecular weight is 443 g/mol. The number of anilines is 1. The van der Waals surface area contributed by atoms with E-state index < -0.39 is 5.54 Å². The van der Waals surface area contributed by atoms with Crippen molar-refractivity contribution in [3.8, 4) is 0 Å². The van der Waals surface area contributed by atoms with Gasteiger partial charge in [-0.15, -0.1) is 0 Å². The Hall–Kier alpha value is -2.34. The maximum atomic E-state index is 13.7. The minimum Gasteiger partial charge on any atom is -0.351 e. The van der Waals surface area contributed by atoms with Crippen LogP contribution in [0, 0.1) is 0 Å². The van der Waals surface area contributed by atoms with E-state index in [0.717, 1.165) is 31.4 Å². The standard InChI is InChI=1S/C24H31ClN4O2/c1-23(2,3)20-14-19-21(30)29(18-12-8-9-16(25)13-18)24(4,15-28(19)27-20)22(31)26-17-10-6-5-7-11-17/h8-9,12-14,17H,5-7,10-11,15H2,1-4H3,(H,26,31)/t24-/m0/s1. The van der Waals surface area contributed by atoms with Crippen molar-refractivity contribution >= 4 is 29.1 Å².